The molecule has 0 aliphatic carbocycles. The van der Waals surface area contributed by atoms with Crippen LogP contribution < -0.4 is 16.4 Å². The van der Waals surface area contributed by atoms with Gasteiger partial charge in [-0.05, 0) is 31.2 Å². The maximum atomic E-state index is 5.91. The average molecular weight is 229 g/mol. The second-order valence-electron chi connectivity index (χ2n) is 4.52. The molecular formula is C10H19N3OS. The van der Waals surface area contributed by atoms with Crippen LogP contribution in [0, 0.1) is 5.41 Å². The molecule has 15 heavy (non-hydrogen) atoms. The van der Waals surface area contributed by atoms with Crippen molar-refractivity contribution in [2.45, 2.75) is 25.4 Å². The minimum Gasteiger partial charge on any atom is -0.381 e. The normalized spacial score (nSPS) is 30.2. The summed E-state index contributed by atoms with van der Waals surface area (Å²) in [6, 6.07) is 0. The van der Waals surface area contributed by atoms with E-state index >= 15 is 0 Å². The van der Waals surface area contributed by atoms with Crippen LogP contribution in [0.2, 0.25) is 0 Å². The lowest BCUT2D eigenvalue weighted by Crippen LogP contribution is -2.44. The van der Waals surface area contributed by atoms with Crippen molar-refractivity contribution in [3.63, 3.8) is 0 Å². The number of rotatable bonds is 3. The highest BCUT2D eigenvalue weighted by Gasteiger charge is 2.35. The van der Waals surface area contributed by atoms with Crippen LogP contribution >= 0.6 is 12.2 Å². The first-order chi connectivity index (χ1) is 7.24. The van der Waals surface area contributed by atoms with E-state index in [0.29, 0.717) is 6.17 Å². The van der Waals surface area contributed by atoms with Crippen molar-refractivity contribution in [1.29, 1.82) is 0 Å². The van der Waals surface area contributed by atoms with Crippen molar-refractivity contribution < 1.29 is 4.74 Å². The molecular weight excluding hydrogens is 210 g/mol. The predicted molar refractivity (Wildman–Crippen MR) is 63.7 cm³/mol. The molecule has 4 N–H and O–H groups in total. The fourth-order valence-electron chi connectivity index (χ4n) is 2.36. The van der Waals surface area contributed by atoms with Crippen LogP contribution in [0.1, 0.15) is 19.3 Å². The molecule has 0 bridgehead atoms. The molecule has 0 spiro atoms. The fraction of sp³-hybridized carbons (Fsp3) is 0.900. The Morgan fingerprint density at radius 3 is 2.73 bits per heavy atom. The Bertz CT molecular complexity index is 241. The molecule has 2 aliphatic heterocycles. The molecule has 4 nitrogen and oxygen atoms in total. The Labute approximate surface area is 95.9 Å². The third-order valence-electron chi connectivity index (χ3n) is 3.47. The van der Waals surface area contributed by atoms with Gasteiger partial charge >= 0.3 is 0 Å². The first-order valence-corrected chi connectivity index (χ1v) is 5.95. The lowest BCUT2D eigenvalue weighted by Gasteiger charge is -2.38. The van der Waals surface area contributed by atoms with Crippen molar-refractivity contribution in [3.05, 3.63) is 0 Å². The molecule has 2 fully saturated rings. The van der Waals surface area contributed by atoms with E-state index in [2.05, 4.69) is 10.6 Å². The van der Waals surface area contributed by atoms with E-state index < -0.39 is 0 Å². The van der Waals surface area contributed by atoms with E-state index in [1.165, 1.54) is 0 Å². The van der Waals surface area contributed by atoms with Crippen LogP contribution in [0.25, 0.3) is 0 Å². The molecule has 2 rings (SSSR count). The van der Waals surface area contributed by atoms with Crippen LogP contribution in [0.15, 0.2) is 0 Å². The van der Waals surface area contributed by atoms with Gasteiger partial charge in [0.2, 0.25) is 0 Å². The van der Waals surface area contributed by atoms with Gasteiger partial charge < -0.3 is 15.8 Å². The fourth-order valence-corrected chi connectivity index (χ4v) is 2.59. The van der Waals surface area contributed by atoms with Gasteiger partial charge in [0.15, 0.2) is 0 Å². The molecule has 2 aliphatic rings. The molecule has 0 amide bonds. The highest BCUT2D eigenvalue weighted by molar-refractivity contribution is 7.80. The number of nitrogens with one attached hydrogen (secondary N) is 2. The van der Waals surface area contributed by atoms with Crippen LogP contribution in [0.3, 0.4) is 0 Å². The van der Waals surface area contributed by atoms with Crippen molar-refractivity contribution in [2.24, 2.45) is 11.1 Å². The van der Waals surface area contributed by atoms with Crippen LogP contribution in [-0.2, 0) is 4.74 Å². The van der Waals surface area contributed by atoms with E-state index in [0.717, 1.165) is 50.6 Å². The van der Waals surface area contributed by atoms with Crippen molar-refractivity contribution in [1.82, 2.24) is 10.6 Å². The number of thiocarbonyl (C=S) groups is 1. The van der Waals surface area contributed by atoms with E-state index in [-0.39, 0.29) is 5.41 Å². The number of hydrogen-bond donors (Lipinski definition) is 3. The van der Waals surface area contributed by atoms with E-state index in [4.69, 9.17) is 22.7 Å². The molecule has 1 atom stereocenters. The third-order valence-corrected chi connectivity index (χ3v) is 3.73. The van der Waals surface area contributed by atoms with Gasteiger partial charge in [0, 0.05) is 19.8 Å². The smallest absolute Gasteiger partial charge is 0.0906 e. The monoisotopic (exact) mass is 229 g/mol. The Kier molecular flexibility index (Phi) is 3.56. The highest BCUT2D eigenvalue weighted by Crippen LogP contribution is 2.34. The zero-order valence-electron chi connectivity index (χ0n) is 8.92. The lowest BCUT2D eigenvalue weighted by atomic mass is 9.76. The summed E-state index contributed by atoms with van der Waals surface area (Å²) in [6.07, 6.45) is 3.48. The number of ether oxygens (including phenoxy) is 1. The largest absolute Gasteiger partial charge is 0.381 e. The predicted octanol–water partition coefficient (Wildman–Crippen LogP) is -0.0217. The minimum atomic E-state index is 0.239. The van der Waals surface area contributed by atoms with Gasteiger partial charge in [-0.3, -0.25) is 5.32 Å². The summed E-state index contributed by atoms with van der Waals surface area (Å²) in [5.74, 6) is 0. The average Bonchev–Trinajstić information content (AvgIpc) is 2.65. The summed E-state index contributed by atoms with van der Waals surface area (Å²) < 4.78 is 5.39. The van der Waals surface area contributed by atoms with Gasteiger partial charge in [0.05, 0.1) is 11.2 Å². The SMILES string of the molecule is NCC1(CC2NCC(=S)N2)CCOCC1. The summed E-state index contributed by atoms with van der Waals surface area (Å²) in [6.45, 7) is 3.23. The zero-order valence-corrected chi connectivity index (χ0v) is 9.74. The van der Waals surface area contributed by atoms with E-state index in [1.54, 1.807) is 0 Å². The minimum absolute atomic E-state index is 0.239. The summed E-state index contributed by atoms with van der Waals surface area (Å²) in [4.78, 5) is 0.916. The van der Waals surface area contributed by atoms with E-state index in [9.17, 15) is 0 Å². The van der Waals surface area contributed by atoms with E-state index in [1.807, 2.05) is 0 Å². The van der Waals surface area contributed by atoms with Crippen LogP contribution in [0.4, 0.5) is 0 Å². The van der Waals surface area contributed by atoms with Gasteiger partial charge in [0.25, 0.3) is 0 Å². The molecule has 0 radical (unpaired) electrons. The Hall–Kier alpha value is -0.230. The van der Waals surface area contributed by atoms with Crippen molar-refractivity contribution in [2.75, 3.05) is 26.3 Å². The van der Waals surface area contributed by atoms with Gasteiger partial charge in [0.1, 0.15) is 0 Å². The zero-order chi connectivity index (χ0) is 10.7. The molecule has 2 saturated heterocycles. The second kappa shape index (κ2) is 4.74. The van der Waals surface area contributed by atoms with Gasteiger partial charge in [-0.15, -0.1) is 0 Å². The molecule has 0 aromatic heterocycles. The Morgan fingerprint density at radius 2 is 2.20 bits per heavy atom. The maximum Gasteiger partial charge on any atom is 0.0906 e. The lowest BCUT2D eigenvalue weighted by molar-refractivity contribution is 0.00980. The van der Waals surface area contributed by atoms with Gasteiger partial charge in [-0.2, -0.15) is 0 Å². The first-order valence-electron chi connectivity index (χ1n) is 5.55. The number of hydrogen-bond acceptors (Lipinski definition) is 4. The first kappa shape index (κ1) is 11.3. The highest BCUT2D eigenvalue weighted by atomic mass is 32.1. The van der Waals surface area contributed by atoms with Gasteiger partial charge in [-0.25, -0.2) is 0 Å². The topological polar surface area (TPSA) is 59.3 Å². The van der Waals surface area contributed by atoms with Crippen LogP contribution in [0.5, 0.6) is 0 Å². The third kappa shape index (κ3) is 2.66. The quantitative estimate of drug-likeness (QED) is 0.594. The summed E-state index contributed by atoms with van der Waals surface area (Å²) in [5.41, 5.74) is 6.15. The summed E-state index contributed by atoms with van der Waals surface area (Å²) in [5, 5.41) is 6.65. The molecule has 1 unspecified atom stereocenters. The molecule has 0 aromatic rings. The maximum absolute atomic E-state index is 5.91. The Morgan fingerprint density at radius 1 is 1.47 bits per heavy atom. The van der Waals surface area contributed by atoms with Crippen molar-refractivity contribution >= 4 is 17.2 Å². The van der Waals surface area contributed by atoms with Crippen molar-refractivity contribution in [3.8, 4) is 0 Å². The molecule has 2 heterocycles. The molecule has 0 saturated carbocycles. The molecule has 86 valence electrons. The second-order valence-corrected chi connectivity index (χ2v) is 5.01. The van der Waals surface area contributed by atoms with Gasteiger partial charge in [-0.1, -0.05) is 12.2 Å². The summed E-state index contributed by atoms with van der Waals surface area (Å²) >= 11 is 5.11. The molecule has 0 aromatic carbocycles. The van der Waals surface area contributed by atoms with Crippen LogP contribution in [-0.4, -0.2) is 37.5 Å². The standard InChI is InChI=1S/C10H19N3OS/c11-7-10(1-3-14-4-2-10)5-8-12-6-9(15)13-8/h8,12H,1-7,11H2,(H,13,15). The number of nitrogens with two attached hydrogens (primary N) is 1. The summed E-state index contributed by atoms with van der Waals surface area (Å²) in [7, 11) is 0. The Balaban J connectivity index is 1.91. The molecule has 5 heteroatoms.